The molecule has 2 rings (SSSR count). The fourth-order valence-corrected chi connectivity index (χ4v) is 3.87. The van der Waals surface area contributed by atoms with E-state index in [1.165, 1.54) is 0 Å². The monoisotopic (exact) mass is 338 g/mol. The Kier molecular flexibility index (Phi) is 4.50. The van der Waals surface area contributed by atoms with Gasteiger partial charge in [0.15, 0.2) is 0 Å². The van der Waals surface area contributed by atoms with Crippen LogP contribution in [0, 0.1) is 23.7 Å². The second-order valence-electron chi connectivity index (χ2n) is 6.80. The van der Waals surface area contributed by atoms with Gasteiger partial charge in [-0.1, -0.05) is 27.7 Å². The van der Waals surface area contributed by atoms with Gasteiger partial charge in [-0.2, -0.15) is 26.3 Å². The van der Waals surface area contributed by atoms with Gasteiger partial charge in [-0.25, -0.2) is 0 Å². The quantitative estimate of drug-likeness (QED) is 0.522. The summed E-state index contributed by atoms with van der Waals surface area (Å²) in [7, 11) is 0. The lowest BCUT2D eigenvalue weighted by atomic mass is 9.82. The van der Waals surface area contributed by atoms with E-state index in [0.29, 0.717) is 0 Å². The fraction of sp³-hybridized carbons (Fsp3) is 0.647. The number of rotatable bonds is 1. The van der Waals surface area contributed by atoms with Crippen molar-refractivity contribution < 1.29 is 26.3 Å². The number of alkyl halides is 6. The summed E-state index contributed by atoms with van der Waals surface area (Å²) >= 11 is 0. The van der Waals surface area contributed by atoms with Crippen LogP contribution in [0.4, 0.5) is 26.3 Å². The molecule has 0 N–H and O–H groups in total. The average molecular weight is 338 g/mol. The average Bonchev–Trinajstić information content (AvgIpc) is 2.60. The Balaban J connectivity index is 2.58. The van der Waals surface area contributed by atoms with Crippen molar-refractivity contribution in [1.82, 2.24) is 0 Å². The predicted octanol–water partition coefficient (Wildman–Crippen LogP) is 6.37. The fourth-order valence-electron chi connectivity index (χ4n) is 3.87. The Bertz CT molecular complexity index is 525. The third-order valence-electron chi connectivity index (χ3n) is 5.62. The summed E-state index contributed by atoms with van der Waals surface area (Å²) in [5.74, 6) is 0.260. The zero-order chi connectivity index (χ0) is 17.7. The lowest BCUT2D eigenvalue weighted by Crippen LogP contribution is -2.16. The van der Waals surface area contributed by atoms with Crippen molar-refractivity contribution in [3.63, 3.8) is 0 Å². The Hall–Kier alpha value is -1.20. The second-order valence-corrected chi connectivity index (χ2v) is 6.80. The summed E-state index contributed by atoms with van der Waals surface area (Å²) in [5.41, 5.74) is -2.31. The summed E-state index contributed by atoms with van der Waals surface area (Å²) in [4.78, 5) is 0. The van der Waals surface area contributed by atoms with E-state index >= 15 is 0 Å². The number of benzene rings is 1. The van der Waals surface area contributed by atoms with Crippen molar-refractivity contribution in [2.24, 2.45) is 23.7 Å². The first kappa shape index (κ1) is 18.1. The van der Waals surface area contributed by atoms with Gasteiger partial charge >= 0.3 is 12.4 Å². The van der Waals surface area contributed by atoms with Crippen LogP contribution >= 0.6 is 0 Å². The van der Waals surface area contributed by atoms with Crippen LogP contribution in [0.3, 0.4) is 0 Å². The maximum Gasteiger partial charge on any atom is 0.416 e. The van der Waals surface area contributed by atoms with E-state index in [9.17, 15) is 26.3 Å². The van der Waals surface area contributed by atoms with E-state index in [4.69, 9.17) is 0 Å². The summed E-state index contributed by atoms with van der Waals surface area (Å²) in [5, 5.41) is 0. The Morgan fingerprint density at radius 3 is 1.26 bits per heavy atom. The molecule has 23 heavy (non-hydrogen) atoms. The minimum absolute atomic E-state index is 0.0320. The molecule has 6 heteroatoms. The smallest absolute Gasteiger partial charge is 0.166 e. The Morgan fingerprint density at radius 1 is 0.609 bits per heavy atom. The Labute approximate surface area is 131 Å². The van der Waals surface area contributed by atoms with Gasteiger partial charge in [-0.15, -0.1) is 0 Å². The third-order valence-corrected chi connectivity index (χ3v) is 5.62. The largest absolute Gasteiger partial charge is 0.416 e. The van der Waals surface area contributed by atoms with Crippen molar-refractivity contribution in [3.8, 4) is 0 Å². The molecule has 0 heterocycles. The van der Waals surface area contributed by atoms with Gasteiger partial charge < -0.3 is 0 Å². The number of hydrogen-bond acceptors (Lipinski definition) is 0. The molecule has 1 aromatic carbocycles. The van der Waals surface area contributed by atoms with Crippen LogP contribution in [0.1, 0.15) is 50.3 Å². The molecule has 4 unspecified atom stereocenters. The van der Waals surface area contributed by atoms with Gasteiger partial charge in [0.2, 0.25) is 0 Å². The topological polar surface area (TPSA) is 0 Å². The van der Waals surface area contributed by atoms with Crippen molar-refractivity contribution in [1.29, 1.82) is 0 Å². The molecule has 0 spiro atoms. The van der Waals surface area contributed by atoms with Gasteiger partial charge in [-0.05, 0) is 53.4 Å². The highest BCUT2D eigenvalue weighted by molar-refractivity contribution is 5.36. The summed E-state index contributed by atoms with van der Waals surface area (Å²) < 4.78 is 78.0. The normalized spacial score (nSPS) is 32.3. The first-order chi connectivity index (χ1) is 10.3. The highest BCUT2D eigenvalue weighted by Crippen LogP contribution is 2.51. The van der Waals surface area contributed by atoms with E-state index < -0.39 is 23.5 Å². The SMILES string of the molecule is CC1C(C)C(C)C(c2cc(C(F)(F)F)cc(C(F)(F)F)c2)C1C. The van der Waals surface area contributed by atoms with Crippen molar-refractivity contribution in [2.75, 3.05) is 0 Å². The van der Waals surface area contributed by atoms with Crippen LogP contribution in [-0.2, 0) is 12.4 Å². The molecule has 1 aromatic rings. The summed E-state index contributed by atoms with van der Waals surface area (Å²) in [6.07, 6.45) is -9.59. The van der Waals surface area contributed by atoms with E-state index in [1.807, 2.05) is 27.7 Å². The minimum atomic E-state index is -4.79. The van der Waals surface area contributed by atoms with Crippen LogP contribution in [0.15, 0.2) is 18.2 Å². The van der Waals surface area contributed by atoms with Crippen LogP contribution in [0.5, 0.6) is 0 Å². The minimum Gasteiger partial charge on any atom is -0.166 e. The van der Waals surface area contributed by atoms with Gasteiger partial charge in [0.05, 0.1) is 11.1 Å². The lowest BCUT2D eigenvalue weighted by Gasteiger charge is -2.24. The molecule has 130 valence electrons. The van der Waals surface area contributed by atoms with E-state index in [2.05, 4.69) is 0 Å². The van der Waals surface area contributed by atoms with Crippen molar-refractivity contribution >= 4 is 0 Å². The molecule has 4 atom stereocenters. The highest BCUT2D eigenvalue weighted by Gasteiger charge is 2.44. The molecule has 0 bridgehead atoms. The molecule has 1 fully saturated rings. The Morgan fingerprint density at radius 2 is 0.957 bits per heavy atom. The summed E-state index contributed by atoms with van der Waals surface area (Å²) in [6, 6.07) is 1.97. The van der Waals surface area contributed by atoms with Gasteiger partial charge in [0.25, 0.3) is 0 Å². The second kappa shape index (κ2) is 5.71. The highest BCUT2D eigenvalue weighted by atomic mass is 19.4. The van der Waals surface area contributed by atoms with Crippen LogP contribution in [-0.4, -0.2) is 0 Å². The molecule has 1 aliphatic carbocycles. The van der Waals surface area contributed by atoms with Gasteiger partial charge in [0, 0.05) is 0 Å². The molecular formula is C17H20F6. The molecule has 0 nitrogen and oxygen atoms in total. The molecule has 0 amide bonds. The lowest BCUT2D eigenvalue weighted by molar-refractivity contribution is -0.143. The maximum atomic E-state index is 13.0. The van der Waals surface area contributed by atoms with Crippen molar-refractivity contribution in [3.05, 3.63) is 34.9 Å². The van der Waals surface area contributed by atoms with Crippen molar-refractivity contribution in [2.45, 2.75) is 46.0 Å². The number of halogens is 6. The molecule has 0 saturated heterocycles. The molecule has 1 aliphatic rings. The first-order valence-corrected chi connectivity index (χ1v) is 7.63. The van der Waals surface area contributed by atoms with Gasteiger partial charge in [-0.3, -0.25) is 0 Å². The van der Waals surface area contributed by atoms with Crippen LogP contribution < -0.4 is 0 Å². The third kappa shape index (κ3) is 3.36. The summed E-state index contributed by atoms with van der Waals surface area (Å²) in [6.45, 7) is 7.82. The molecule has 0 aliphatic heterocycles. The van der Waals surface area contributed by atoms with Crippen LogP contribution in [0.25, 0.3) is 0 Å². The standard InChI is InChI=1S/C17H20F6/c1-8-9(2)11(4)15(10(8)3)12-5-13(16(18,19)20)7-14(6-12)17(21,22)23/h5-11,15H,1-4H3. The molecule has 0 radical (unpaired) electrons. The molecule has 1 saturated carbocycles. The van der Waals surface area contributed by atoms with Gasteiger partial charge in [0.1, 0.15) is 0 Å². The van der Waals surface area contributed by atoms with E-state index in [1.54, 1.807) is 0 Å². The predicted molar refractivity (Wildman–Crippen MR) is 75.8 cm³/mol. The maximum absolute atomic E-state index is 13.0. The zero-order valence-corrected chi connectivity index (χ0v) is 13.4. The van der Waals surface area contributed by atoms with E-state index in [-0.39, 0.29) is 41.2 Å². The first-order valence-electron chi connectivity index (χ1n) is 7.63. The van der Waals surface area contributed by atoms with Crippen LogP contribution in [0.2, 0.25) is 0 Å². The van der Waals surface area contributed by atoms with E-state index in [0.717, 1.165) is 12.1 Å². The zero-order valence-electron chi connectivity index (χ0n) is 13.4. The number of hydrogen-bond donors (Lipinski definition) is 0. The molecule has 0 aromatic heterocycles. The molecular weight excluding hydrogens is 318 g/mol.